The second-order valence-electron chi connectivity index (χ2n) is 6.35. The highest BCUT2D eigenvalue weighted by Gasteiger charge is 2.35. The standard InChI is InChI=1S/C18H17F3N2O4S/c1-9(22-7-13(24)12-8-28-17(23-12)18(19,20)21)5-10-3-2-4-14-11(10)6-15(27-14)16(25)26/h2-4,6,8-9,13,22,24H,5,7H2,1H3,(H,25,26)/t9?,13-/m0/s1. The Balaban J connectivity index is 1.63. The Labute approximate surface area is 161 Å². The van der Waals surface area contributed by atoms with E-state index in [4.69, 9.17) is 9.52 Å². The normalized spacial score (nSPS) is 14.3. The molecule has 3 N–H and O–H groups in total. The summed E-state index contributed by atoms with van der Waals surface area (Å²) in [5, 5.41) is 23.1. The molecule has 0 fully saturated rings. The number of nitrogens with one attached hydrogen (secondary N) is 1. The number of furan rings is 1. The average molecular weight is 414 g/mol. The van der Waals surface area contributed by atoms with Crippen molar-refractivity contribution in [2.24, 2.45) is 0 Å². The Morgan fingerprint density at radius 3 is 2.79 bits per heavy atom. The zero-order valence-corrected chi connectivity index (χ0v) is 15.5. The number of carbonyl (C=O) groups is 1. The lowest BCUT2D eigenvalue weighted by molar-refractivity contribution is -0.137. The van der Waals surface area contributed by atoms with Crippen molar-refractivity contribution in [1.82, 2.24) is 10.3 Å². The Kier molecular flexibility index (Phi) is 5.73. The van der Waals surface area contributed by atoms with Gasteiger partial charge in [-0.25, -0.2) is 9.78 Å². The molecule has 2 heterocycles. The summed E-state index contributed by atoms with van der Waals surface area (Å²) in [6.07, 6.45) is -5.19. The van der Waals surface area contributed by atoms with E-state index in [1.807, 2.05) is 13.0 Å². The van der Waals surface area contributed by atoms with Crippen molar-refractivity contribution in [3.63, 3.8) is 0 Å². The van der Waals surface area contributed by atoms with E-state index in [0.29, 0.717) is 28.7 Å². The Morgan fingerprint density at radius 1 is 1.39 bits per heavy atom. The van der Waals surface area contributed by atoms with Gasteiger partial charge in [0.15, 0.2) is 5.01 Å². The van der Waals surface area contributed by atoms with Crippen molar-refractivity contribution in [3.05, 3.63) is 51.7 Å². The van der Waals surface area contributed by atoms with Gasteiger partial charge in [0.2, 0.25) is 5.76 Å². The van der Waals surface area contributed by atoms with Gasteiger partial charge in [-0.05, 0) is 31.0 Å². The van der Waals surface area contributed by atoms with Crippen LogP contribution in [0.2, 0.25) is 0 Å². The summed E-state index contributed by atoms with van der Waals surface area (Å²) in [6.45, 7) is 1.88. The molecule has 1 aromatic carbocycles. The van der Waals surface area contributed by atoms with Crippen LogP contribution in [-0.4, -0.2) is 33.8 Å². The van der Waals surface area contributed by atoms with Crippen LogP contribution >= 0.6 is 11.3 Å². The molecule has 6 nitrogen and oxygen atoms in total. The summed E-state index contributed by atoms with van der Waals surface area (Å²) in [5.41, 5.74) is 1.29. The van der Waals surface area contributed by atoms with E-state index < -0.39 is 23.3 Å². The molecule has 2 atom stereocenters. The van der Waals surface area contributed by atoms with Gasteiger partial charge in [0.05, 0.1) is 5.69 Å². The number of hydrogen-bond acceptors (Lipinski definition) is 6. The third kappa shape index (κ3) is 4.51. The van der Waals surface area contributed by atoms with Crippen molar-refractivity contribution < 1.29 is 32.6 Å². The third-order valence-corrected chi connectivity index (χ3v) is 5.06. The maximum absolute atomic E-state index is 12.6. The fourth-order valence-corrected chi connectivity index (χ4v) is 3.53. The van der Waals surface area contributed by atoms with E-state index >= 15 is 0 Å². The van der Waals surface area contributed by atoms with Gasteiger partial charge >= 0.3 is 12.1 Å². The van der Waals surface area contributed by atoms with Crippen molar-refractivity contribution in [2.45, 2.75) is 31.7 Å². The zero-order valence-electron chi connectivity index (χ0n) is 14.7. The first-order chi connectivity index (χ1) is 13.1. The number of nitrogens with zero attached hydrogens (tertiary/aromatic N) is 1. The topological polar surface area (TPSA) is 95.6 Å². The highest BCUT2D eigenvalue weighted by molar-refractivity contribution is 7.09. The monoisotopic (exact) mass is 414 g/mol. The van der Waals surface area contributed by atoms with E-state index in [-0.39, 0.29) is 24.0 Å². The summed E-state index contributed by atoms with van der Waals surface area (Å²) < 4.78 is 43.1. The second kappa shape index (κ2) is 7.90. The molecule has 3 aromatic rings. The van der Waals surface area contributed by atoms with Crippen LogP contribution < -0.4 is 5.32 Å². The fourth-order valence-electron chi connectivity index (χ4n) is 2.79. The predicted octanol–water partition coefficient (Wildman–Crippen LogP) is 3.86. The molecule has 3 rings (SSSR count). The predicted molar refractivity (Wildman–Crippen MR) is 96.4 cm³/mol. The van der Waals surface area contributed by atoms with Gasteiger partial charge in [0, 0.05) is 23.4 Å². The Bertz CT molecular complexity index is 983. The fraction of sp³-hybridized carbons (Fsp3) is 0.333. The molecule has 0 aliphatic heterocycles. The van der Waals surface area contributed by atoms with E-state index in [1.165, 1.54) is 11.4 Å². The summed E-state index contributed by atoms with van der Waals surface area (Å²) in [4.78, 5) is 14.5. The molecule has 10 heteroatoms. The van der Waals surface area contributed by atoms with Crippen LogP contribution in [-0.2, 0) is 12.6 Å². The molecule has 2 aromatic heterocycles. The highest BCUT2D eigenvalue weighted by Crippen LogP contribution is 2.32. The number of fused-ring (bicyclic) bond motifs is 1. The Morgan fingerprint density at radius 2 is 2.14 bits per heavy atom. The number of rotatable bonds is 7. The molecule has 0 radical (unpaired) electrons. The van der Waals surface area contributed by atoms with Crippen LogP contribution in [0.15, 0.2) is 34.1 Å². The number of thiazole rings is 1. The van der Waals surface area contributed by atoms with Gasteiger partial charge in [-0.1, -0.05) is 12.1 Å². The quantitative estimate of drug-likeness (QED) is 0.543. The average Bonchev–Trinajstić information content (AvgIpc) is 3.27. The number of benzene rings is 1. The molecule has 1 unspecified atom stereocenters. The molecule has 0 saturated carbocycles. The van der Waals surface area contributed by atoms with Gasteiger partial charge in [0.1, 0.15) is 11.7 Å². The molecule has 150 valence electrons. The summed E-state index contributed by atoms with van der Waals surface area (Å²) in [7, 11) is 0. The maximum Gasteiger partial charge on any atom is 0.443 e. The van der Waals surface area contributed by atoms with Crippen molar-refractivity contribution in [3.8, 4) is 0 Å². The lowest BCUT2D eigenvalue weighted by Gasteiger charge is -2.16. The number of halogens is 3. The van der Waals surface area contributed by atoms with Crippen LogP contribution in [0.3, 0.4) is 0 Å². The van der Waals surface area contributed by atoms with Crippen LogP contribution in [0.25, 0.3) is 11.0 Å². The van der Waals surface area contributed by atoms with E-state index in [1.54, 1.807) is 12.1 Å². The van der Waals surface area contributed by atoms with Crippen LogP contribution in [0.1, 0.15) is 39.8 Å². The molecule has 0 bridgehead atoms. The number of aliphatic hydroxyl groups excluding tert-OH is 1. The maximum atomic E-state index is 12.6. The number of carboxylic acid groups (broad SMARTS) is 1. The molecular weight excluding hydrogens is 397 g/mol. The SMILES string of the molecule is CC(Cc1cccc2oc(C(=O)O)cc12)NC[C@H](O)c1csc(C(F)(F)F)n1. The van der Waals surface area contributed by atoms with Gasteiger partial charge in [-0.3, -0.25) is 0 Å². The second-order valence-corrected chi connectivity index (χ2v) is 7.21. The van der Waals surface area contributed by atoms with E-state index in [2.05, 4.69) is 10.3 Å². The van der Waals surface area contributed by atoms with Crippen LogP contribution in [0.5, 0.6) is 0 Å². The molecular formula is C18H17F3N2O4S. The van der Waals surface area contributed by atoms with Gasteiger partial charge in [-0.2, -0.15) is 13.2 Å². The summed E-state index contributed by atoms with van der Waals surface area (Å²) in [6, 6.07) is 6.59. The minimum atomic E-state index is -4.53. The lowest BCUT2D eigenvalue weighted by Crippen LogP contribution is -2.32. The highest BCUT2D eigenvalue weighted by atomic mass is 32.1. The third-order valence-electron chi connectivity index (χ3n) is 4.15. The number of carboxylic acids is 1. The summed E-state index contributed by atoms with van der Waals surface area (Å²) >= 11 is 0.445. The van der Waals surface area contributed by atoms with Crippen molar-refractivity contribution >= 4 is 28.3 Å². The molecule has 28 heavy (non-hydrogen) atoms. The molecule has 0 amide bonds. The van der Waals surface area contributed by atoms with Gasteiger partial charge in [-0.15, -0.1) is 11.3 Å². The first kappa shape index (κ1) is 20.3. The lowest BCUT2D eigenvalue weighted by atomic mass is 10.0. The van der Waals surface area contributed by atoms with Gasteiger partial charge < -0.3 is 19.9 Å². The number of aliphatic hydroxyl groups is 1. The van der Waals surface area contributed by atoms with E-state index in [0.717, 1.165) is 5.56 Å². The molecule has 0 spiro atoms. The molecule has 0 saturated heterocycles. The largest absolute Gasteiger partial charge is 0.475 e. The first-order valence-corrected chi connectivity index (χ1v) is 9.22. The zero-order chi connectivity index (χ0) is 20.5. The van der Waals surface area contributed by atoms with Crippen molar-refractivity contribution in [2.75, 3.05) is 6.54 Å². The van der Waals surface area contributed by atoms with Gasteiger partial charge in [0.25, 0.3) is 0 Å². The molecule has 0 aliphatic carbocycles. The van der Waals surface area contributed by atoms with Crippen LogP contribution in [0, 0.1) is 0 Å². The van der Waals surface area contributed by atoms with Crippen LogP contribution in [0.4, 0.5) is 13.2 Å². The molecule has 0 aliphatic rings. The number of aromatic nitrogens is 1. The number of hydrogen-bond donors (Lipinski definition) is 3. The minimum absolute atomic E-state index is 0.0277. The Hall–Kier alpha value is -2.43. The smallest absolute Gasteiger partial charge is 0.443 e. The summed E-state index contributed by atoms with van der Waals surface area (Å²) in [5.74, 6) is -1.31. The first-order valence-electron chi connectivity index (χ1n) is 8.34. The number of alkyl halides is 3. The minimum Gasteiger partial charge on any atom is -0.475 e. The van der Waals surface area contributed by atoms with E-state index in [9.17, 15) is 23.1 Å². The van der Waals surface area contributed by atoms with Crippen molar-refractivity contribution in [1.29, 1.82) is 0 Å². The number of aromatic carboxylic acids is 1.